The monoisotopic (exact) mass is 563 g/mol. The number of rotatable bonds is 12. The molecule has 0 spiro atoms. The number of nitro groups is 1. The standard InChI is InChI=1S/C24H37N9O7/c1-31(2)18-12-39-19(40-20(18)16-3-5-17(6-4-16)33(37)38)11-26-21-27-22(30-24(13-34,14-35)15-36)29-23(28-21)32-9-7-25-8-10-32/h3-6,18-20,25,34-36H,7-15H2,1-2H3,(H2,26,27,28,29,30)/t18-,19+,20-/m0/s1. The highest BCUT2D eigenvalue weighted by atomic mass is 16.7. The van der Waals surface area contributed by atoms with Crippen LogP contribution in [0.4, 0.5) is 23.5 Å². The van der Waals surface area contributed by atoms with Crippen molar-refractivity contribution in [2.45, 2.75) is 24.0 Å². The molecule has 0 amide bonds. The highest BCUT2D eigenvalue weighted by Crippen LogP contribution is 2.31. The van der Waals surface area contributed by atoms with Crippen LogP contribution < -0.4 is 20.9 Å². The van der Waals surface area contributed by atoms with Gasteiger partial charge in [0.1, 0.15) is 11.6 Å². The second-order valence-corrected chi connectivity index (χ2v) is 9.98. The van der Waals surface area contributed by atoms with Crippen LogP contribution in [-0.2, 0) is 9.47 Å². The molecule has 3 heterocycles. The molecular formula is C24H37N9O7. The van der Waals surface area contributed by atoms with Gasteiger partial charge >= 0.3 is 0 Å². The van der Waals surface area contributed by atoms with Gasteiger partial charge in [0.2, 0.25) is 17.8 Å². The first kappa shape index (κ1) is 29.7. The molecule has 2 aliphatic heterocycles. The minimum Gasteiger partial charge on any atom is -0.394 e. The maximum absolute atomic E-state index is 11.1. The molecule has 3 atom stereocenters. The quantitative estimate of drug-likeness (QED) is 0.132. The summed E-state index contributed by atoms with van der Waals surface area (Å²) in [7, 11) is 3.83. The molecular weight excluding hydrogens is 526 g/mol. The van der Waals surface area contributed by atoms with Gasteiger partial charge in [0.25, 0.3) is 5.69 Å². The van der Waals surface area contributed by atoms with Crippen LogP contribution in [0.15, 0.2) is 24.3 Å². The van der Waals surface area contributed by atoms with Gasteiger partial charge in [-0.1, -0.05) is 0 Å². The normalized spacial score (nSPS) is 21.9. The van der Waals surface area contributed by atoms with Gasteiger partial charge in [-0.15, -0.1) is 0 Å². The van der Waals surface area contributed by atoms with Gasteiger partial charge in [-0.05, 0) is 31.8 Å². The molecule has 4 rings (SSSR count). The van der Waals surface area contributed by atoms with Crippen LogP contribution in [0.25, 0.3) is 0 Å². The van der Waals surface area contributed by atoms with E-state index >= 15 is 0 Å². The Morgan fingerprint density at radius 3 is 2.35 bits per heavy atom. The Balaban J connectivity index is 1.51. The van der Waals surface area contributed by atoms with Gasteiger partial charge in [0.15, 0.2) is 6.29 Å². The van der Waals surface area contributed by atoms with Crippen molar-refractivity contribution >= 4 is 23.5 Å². The molecule has 220 valence electrons. The van der Waals surface area contributed by atoms with E-state index in [2.05, 4.69) is 30.9 Å². The topological polar surface area (TPSA) is 204 Å². The summed E-state index contributed by atoms with van der Waals surface area (Å²) in [6.45, 7) is 1.77. The summed E-state index contributed by atoms with van der Waals surface area (Å²) in [4.78, 5) is 28.0. The zero-order valence-electron chi connectivity index (χ0n) is 22.6. The van der Waals surface area contributed by atoms with Crippen LogP contribution in [0.2, 0.25) is 0 Å². The summed E-state index contributed by atoms with van der Waals surface area (Å²) in [5.74, 6) is 0.679. The van der Waals surface area contributed by atoms with Crippen LogP contribution >= 0.6 is 0 Å². The van der Waals surface area contributed by atoms with Crippen LogP contribution in [0.1, 0.15) is 11.7 Å². The molecule has 2 fully saturated rings. The molecule has 2 aliphatic rings. The van der Waals surface area contributed by atoms with Gasteiger partial charge < -0.3 is 50.5 Å². The summed E-state index contributed by atoms with van der Waals surface area (Å²) in [6.07, 6.45) is -1.08. The molecule has 40 heavy (non-hydrogen) atoms. The first-order valence-corrected chi connectivity index (χ1v) is 13.0. The van der Waals surface area contributed by atoms with Crippen LogP contribution in [0.5, 0.6) is 0 Å². The second-order valence-electron chi connectivity index (χ2n) is 9.98. The predicted molar refractivity (Wildman–Crippen MR) is 145 cm³/mol. The van der Waals surface area contributed by atoms with E-state index in [1.807, 2.05) is 23.9 Å². The van der Waals surface area contributed by atoms with Crippen LogP contribution in [0, 0.1) is 10.1 Å². The molecule has 2 aromatic rings. The van der Waals surface area contributed by atoms with Gasteiger partial charge in [-0.3, -0.25) is 10.1 Å². The molecule has 2 saturated heterocycles. The zero-order chi connectivity index (χ0) is 28.7. The number of ether oxygens (including phenoxy) is 2. The van der Waals surface area contributed by atoms with E-state index in [9.17, 15) is 25.4 Å². The van der Waals surface area contributed by atoms with Crippen molar-refractivity contribution in [3.8, 4) is 0 Å². The molecule has 0 unspecified atom stereocenters. The lowest BCUT2D eigenvalue weighted by molar-refractivity contribution is -0.384. The summed E-state index contributed by atoms with van der Waals surface area (Å²) in [5.41, 5.74) is -0.630. The number of aliphatic hydroxyl groups excluding tert-OH is 3. The van der Waals surface area contributed by atoms with Gasteiger partial charge in [0, 0.05) is 38.3 Å². The number of aliphatic hydroxyl groups is 3. The number of benzene rings is 1. The van der Waals surface area contributed by atoms with Crippen molar-refractivity contribution < 1.29 is 29.7 Å². The number of likely N-dealkylation sites (N-methyl/N-ethyl adjacent to an activating group) is 1. The first-order chi connectivity index (χ1) is 19.3. The zero-order valence-corrected chi connectivity index (χ0v) is 22.6. The summed E-state index contributed by atoms with van der Waals surface area (Å²) >= 11 is 0. The van der Waals surface area contributed by atoms with Crippen molar-refractivity contribution in [2.75, 3.05) is 88.8 Å². The Bertz CT molecular complexity index is 1110. The molecule has 6 N–H and O–H groups in total. The lowest BCUT2D eigenvalue weighted by Crippen LogP contribution is -2.50. The number of nitrogens with one attached hydrogen (secondary N) is 3. The van der Waals surface area contributed by atoms with Gasteiger partial charge in [-0.2, -0.15) is 15.0 Å². The number of non-ortho nitro benzene ring substituents is 1. The minimum atomic E-state index is -1.42. The highest BCUT2D eigenvalue weighted by molar-refractivity contribution is 5.45. The van der Waals surface area contributed by atoms with Crippen molar-refractivity contribution in [1.82, 2.24) is 25.2 Å². The Kier molecular flexibility index (Phi) is 9.96. The largest absolute Gasteiger partial charge is 0.394 e. The molecule has 0 saturated carbocycles. The molecule has 0 bridgehead atoms. The molecule has 0 aliphatic carbocycles. The van der Waals surface area contributed by atoms with E-state index in [1.165, 1.54) is 12.1 Å². The number of hydrogen-bond acceptors (Lipinski definition) is 15. The van der Waals surface area contributed by atoms with Crippen molar-refractivity contribution in [2.24, 2.45) is 0 Å². The first-order valence-electron chi connectivity index (χ1n) is 13.0. The maximum Gasteiger partial charge on any atom is 0.269 e. The lowest BCUT2D eigenvalue weighted by Gasteiger charge is -2.40. The Morgan fingerprint density at radius 1 is 1.10 bits per heavy atom. The van der Waals surface area contributed by atoms with Crippen molar-refractivity contribution in [1.29, 1.82) is 0 Å². The Morgan fingerprint density at radius 2 is 1.75 bits per heavy atom. The minimum absolute atomic E-state index is 0.00239. The number of piperazine rings is 1. The third-order valence-corrected chi connectivity index (χ3v) is 6.93. The maximum atomic E-state index is 11.1. The summed E-state index contributed by atoms with van der Waals surface area (Å²) in [5, 5.41) is 49.6. The van der Waals surface area contributed by atoms with E-state index in [4.69, 9.17) is 9.47 Å². The van der Waals surface area contributed by atoms with Crippen molar-refractivity contribution in [3.63, 3.8) is 0 Å². The average molecular weight is 564 g/mol. The predicted octanol–water partition coefficient (Wildman–Crippen LogP) is -1.23. The second kappa shape index (κ2) is 13.4. The van der Waals surface area contributed by atoms with Crippen LogP contribution in [-0.4, -0.2) is 131 Å². The lowest BCUT2D eigenvalue weighted by atomic mass is 10.0. The van der Waals surface area contributed by atoms with E-state index in [1.54, 1.807) is 12.1 Å². The van der Waals surface area contributed by atoms with Crippen molar-refractivity contribution in [3.05, 3.63) is 39.9 Å². The number of aromatic nitrogens is 3. The number of anilines is 3. The number of hydrogen-bond donors (Lipinski definition) is 6. The molecule has 0 radical (unpaired) electrons. The van der Waals surface area contributed by atoms with Crippen LogP contribution in [0.3, 0.4) is 0 Å². The molecule has 1 aromatic heterocycles. The Labute approximate surface area is 231 Å². The molecule has 16 nitrogen and oxygen atoms in total. The third kappa shape index (κ3) is 7.08. The van der Waals surface area contributed by atoms with E-state index in [-0.39, 0.29) is 30.2 Å². The fourth-order valence-corrected chi connectivity index (χ4v) is 4.39. The fourth-order valence-electron chi connectivity index (χ4n) is 4.39. The third-order valence-electron chi connectivity index (χ3n) is 6.93. The van der Waals surface area contributed by atoms with E-state index in [0.29, 0.717) is 25.6 Å². The van der Waals surface area contributed by atoms with E-state index in [0.717, 1.165) is 18.7 Å². The number of nitrogens with zero attached hydrogens (tertiary/aromatic N) is 6. The molecule has 1 aromatic carbocycles. The summed E-state index contributed by atoms with van der Waals surface area (Å²) < 4.78 is 12.2. The fraction of sp³-hybridized carbons (Fsp3) is 0.625. The number of nitro benzene ring substituents is 1. The Hall–Kier alpha value is -3.25. The highest BCUT2D eigenvalue weighted by Gasteiger charge is 2.35. The summed E-state index contributed by atoms with van der Waals surface area (Å²) in [6, 6.07) is 6.17. The van der Waals surface area contributed by atoms with E-state index < -0.39 is 42.7 Å². The van der Waals surface area contributed by atoms with Gasteiger partial charge in [-0.25, -0.2) is 0 Å². The SMILES string of the molecule is CN(C)[C@H]1CO[C@@H](CNc2nc(NC(CO)(CO)CO)nc(N3CCNCC3)n2)O[C@H]1c1ccc([N+](=O)[O-])cc1. The molecule has 16 heteroatoms. The average Bonchev–Trinajstić information content (AvgIpc) is 2.99. The van der Waals surface area contributed by atoms with Gasteiger partial charge in [0.05, 0.1) is 43.9 Å². The smallest absolute Gasteiger partial charge is 0.269 e.